The molecule has 0 unspecified atom stereocenters. The van der Waals surface area contributed by atoms with E-state index in [1.165, 1.54) is 6.33 Å². The van der Waals surface area contributed by atoms with Gasteiger partial charge in [-0.05, 0) is 6.07 Å². The lowest BCUT2D eigenvalue weighted by Crippen LogP contribution is -2.12. The fourth-order valence-electron chi connectivity index (χ4n) is 1.53. The zero-order valence-electron chi connectivity index (χ0n) is 9.83. The molecule has 0 aromatic carbocycles. The highest BCUT2D eigenvalue weighted by molar-refractivity contribution is 5.65. The largest absolute Gasteiger partial charge is 0.433 e. The van der Waals surface area contributed by atoms with Gasteiger partial charge in [-0.3, -0.25) is 0 Å². The van der Waals surface area contributed by atoms with E-state index in [1.54, 1.807) is 6.20 Å². The molecule has 0 bridgehead atoms. The van der Waals surface area contributed by atoms with Crippen LogP contribution in [0.3, 0.4) is 0 Å². The molecule has 5 nitrogen and oxygen atoms in total. The topological polar surface area (TPSA) is 79.6 Å². The first-order valence-corrected chi connectivity index (χ1v) is 5.50. The van der Waals surface area contributed by atoms with Gasteiger partial charge in [0.05, 0.1) is 23.9 Å². The normalized spacial score (nSPS) is 11.5. The molecule has 0 spiro atoms. The highest BCUT2D eigenvalue weighted by Crippen LogP contribution is 2.30. The number of aromatic nitrogens is 3. The molecule has 0 aliphatic heterocycles. The third-order valence-electron chi connectivity index (χ3n) is 2.49. The van der Waals surface area contributed by atoms with E-state index in [-0.39, 0.29) is 11.4 Å². The first-order valence-electron chi connectivity index (χ1n) is 5.50. The van der Waals surface area contributed by atoms with Crippen molar-refractivity contribution in [2.45, 2.75) is 12.6 Å². The summed E-state index contributed by atoms with van der Waals surface area (Å²) in [6, 6.07) is 0.905. The molecule has 4 N–H and O–H groups in total. The Kier molecular flexibility index (Phi) is 3.59. The zero-order chi connectivity index (χ0) is 13.9. The second-order valence-electron chi connectivity index (χ2n) is 3.91. The number of H-pyrrole nitrogens is 1. The van der Waals surface area contributed by atoms with E-state index in [9.17, 15) is 13.2 Å². The van der Waals surface area contributed by atoms with Crippen molar-refractivity contribution >= 4 is 11.4 Å². The van der Waals surface area contributed by atoms with Crippen LogP contribution in [-0.2, 0) is 12.6 Å². The van der Waals surface area contributed by atoms with Crippen LogP contribution in [-0.4, -0.2) is 21.5 Å². The fraction of sp³-hybridized carbons (Fsp3) is 0.273. The highest BCUT2D eigenvalue weighted by atomic mass is 19.4. The summed E-state index contributed by atoms with van der Waals surface area (Å²) in [4.78, 5) is 10.0. The van der Waals surface area contributed by atoms with Crippen molar-refractivity contribution in [3.8, 4) is 0 Å². The maximum Gasteiger partial charge on any atom is 0.433 e. The van der Waals surface area contributed by atoms with Gasteiger partial charge in [-0.1, -0.05) is 0 Å². The Labute approximate surface area is 107 Å². The van der Waals surface area contributed by atoms with Gasteiger partial charge in [0.1, 0.15) is 5.69 Å². The molecule has 19 heavy (non-hydrogen) atoms. The predicted octanol–water partition coefficient (Wildman–Crippen LogP) is 2.06. The molecule has 8 heteroatoms. The monoisotopic (exact) mass is 271 g/mol. The van der Waals surface area contributed by atoms with E-state index in [0.717, 1.165) is 18.0 Å². The molecular weight excluding hydrogens is 259 g/mol. The Morgan fingerprint density at radius 1 is 1.32 bits per heavy atom. The number of aromatic amines is 1. The van der Waals surface area contributed by atoms with Gasteiger partial charge < -0.3 is 16.0 Å². The van der Waals surface area contributed by atoms with Crippen molar-refractivity contribution in [1.29, 1.82) is 0 Å². The maximum atomic E-state index is 12.5. The van der Waals surface area contributed by atoms with E-state index in [0.29, 0.717) is 13.0 Å². The van der Waals surface area contributed by atoms with E-state index in [1.807, 2.05) is 0 Å². The van der Waals surface area contributed by atoms with Gasteiger partial charge in [0.2, 0.25) is 0 Å². The van der Waals surface area contributed by atoms with Gasteiger partial charge in [0, 0.05) is 24.9 Å². The first-order chi connectivity index (χ1) is 8.97. The molecule has 2 heterocycles. The van der Waals surface area contributed by atoms with Crippen LogP contribution in [0.5, 0.6) is 0 Å². The quantitative estimate of drug-likeness (QED) is 0.795. The number of alkyl halides is 3. The molecule has 0 fully saturated rings. The molecule has 2 aromatic heterocycles. The average Bonchev–Trinajstić information content (AvgIpc) is 2.83. The summed E-state index contributed by atoms with van der Waals surface area (Å²) in [7, 11) is 0. The van der Waals surface area contributed by atoms with Crippen LogP contribution in [0.15, 0.2) is 24.8 Å². The molecule has 0 aliphatic rings. The minimum atomic E-state index is -4.48. The van der Waals surface area contributed by atoms with Gasteiger partial charge in [-0.15, -0.1) is 0 Å². The van der Waals surface area contributed by atoms with Crippen molar-refractivity contribution in [2.24, 2.45) is 0 Å². The summed E-state index contributed by atoms with van der Waals surface area (Å²) < 4.78 is 37.5. The first kappa shape index (κ1) is 13.2. The number of nitrogen functional groups attached to an aromatic ring is 1. The number of nitrogens with two attached hydrogens (primary N) is 1. The van der Waals surface area contributed by atoms with Gasteiger partial charge in [-0.2, -0.15) is 13.2 Å². The number of nitrogens with one attached hydrogen (secondary N) is 2. The number of nitrogens with zero attached hydrogens (tertiary/aromatic N) is 2. The molecule has 2 rings (SSSR count). The van der Waals surface area contributed by atoms with Crippen LogP contribution >= 0.6 is 0 Å². The summed E-state index contributed by atoms with van der Waals surface area (Å²) >= 11 is 0. The van der Waals surface area contributed by atoms with Gasteiger partial charge >= 0.3 is 6.18 Å². The zero-order valence-corrected chi connectivity index (χ0v) is 9.83. The number of hydrogen-bond acceptors (Lipinski definition) is 4. The standard InChI is InChI=1S/C11H12F3N5/c12-11(13,14)10-3-9(8(15)5-18-10)17-2-1-7-4-16-6-19-7/h3-6H,1-2,15H2,(H,16,19)(H,17,18). The van der Waals surface area contributed by atoms with Crippen LogP contribution in [0.25, 0.3) is 0 Å². The van der Waals surface area contributed by atoms with Crippen molar-refractivity contribution in [2.75, 3.05) is 17.6 Å². The Hall–Kier alpha value is -2.25. The number of anilines is 2. The van der Waals surface area contributed by atoms with Crippen molar-refractivity contribution in [3.63, 3.8) is 0 Å². The van der Waals surface area contributed by atoms with Gasteiger partial charge in [0.15, 0.2) is 0 Å². The van der Waals surface area contributed by atoms with Crippen molar-refractivity contribution in [1.82, 2.24) is 15.0 Å². The molecule has 102 valence electrons. The molecule has 2 aromatic rings. The van der Waals surface area contributed by atoms with Crippen LogP contribution in [0.2, 0.25) is 0 Å². The van der Waals surface area contributed by atoms with E-state index >= 15 is 0 Å². The summed E-state index contributed by atoms with van der Waals surface area (Å²) in [5.74, 6) is 0. The Morgan fingerprint density at radius 3 is 2.74 bits per heavy atom. The smallest absolute Gasteiger partial charge is 0.396 e. The number of imidazole rings is 1. The lowest BCUT2D eigenvalue weighted by Gasteiger charge is -2.11. The van der Waals surface area contributed by atoms with Crippen LogP contribution in [0.1, 0.15) is 11.4 Å². The number of halogens is 3. The van der Waals surface area contributed by atoms with E-state index in [4.69, 9.17) is 5.73 Å². The predicted molar refractivity (Wildman–Crippen MR) is 64.4 cm³/mol. The van der Waals surface area contributed by atoms with Crippen molar-refractivity contribution in [3.05, 3.63) is 36.2 Å². The maximum absolute atomic E-state index is 12.5. The molecule has 0 atom stereocenters. The number of hydrogen-bond donors (Lipinski definition) is 3. The summed E-state index contributed by atoms with van der Waals surface area (Å²) in [5, 5.41) is 2.85. The highest BCUT2D eigenvalue weighted by Gasteiger charge is 2.32. The van der Waals surface area contributed by atoms with Gasteiger partial charge in [-0.25, -0.2) is 9.97 Å². The summed E-state index contributed by atoms with van der Waals surface area (Å²) in [5.41, 5.74) is 5.90. The molecule has 0 aliphatic carbocycles. The Bertz CT molecular complexity index is 536. The minimum absolute atomic E-state index is 0.178. The molecule has 0 saturated heterocycles. The third kappa shape index (κ3) is 3.36. The molecular formula is C11H12F3N5. The van der Waals surface area contributed by atoms with Crippen LogP contribution in [0.4, 0.5) is 24.5 Å². The Morgan fingerprint density at radius 2 is 2.11 bits per heavy atom. The lowest BCUT2D eigenvalue weighted by atomic mass is 10.2. The van der Waals surface area contributed by atoms with E-state index < -0.39 is 11.9 Å². The Balaban J connectivity index is 2.03. The fourth-order valence-corrected chi connectivity index (χ4v) is 1.53. The minimum Gasteiger partial charge on any atom is -0.396 e. The van der Waals surface area contributed by atoms with Crippen LogP contribution < -0.4 is 11.1 Å². The van der Waals surface area contributed by atoms with Crippen molar-refractivity contribution < 1.29 is 13.2 Å². The lowest BCUT2D eigenvalue weighted by molar-refractivity contribution is -0.141. The summed E-state index contributed by atoms with van der Waals surface area (Å²) in [6.45, 7) is 0.438. The molecule has 0 saturated carbocycles. The van der Waals surface area contributed by atoms with E-state index in [2.05, 4.69) is 20.3 Å². The van der Waals surface area contributed by atoms with Gasteiger partial charge in [0.25, 0.3) is 0 Å². The second-order valence-corrected chi connectivity index (χ2v) is 3.91. The number of pyridine rings is 1. The molecule has 0 radical (unpaired) electrons. The molecule has 0 amide bonds. The second kappa shape index (κ2) is 5.17. The third-order valence-corrected chi connectivity index (χ3v) is 2.49. The SMILES string of the molecule is Nc1cnc(C(F)(F)F)cc1NCCc1cnc[nH]1. The summed E-state index contributed by atoms with van der Waals surface area (Å²) in [6.07, 6.45) is 0.314. The van der Waals surface area contributed by atoms with Crippen LogP contribution in [0, 0.1) is 0 Å². The average molecular weight is 271 g/mol. The number of rotatable bonds is 4.